The molecule has 1 aliphatic carbocycles. The minimum Gasteiger partial charge on any atom is -0.380 e. The van der Waals surface area contributed by atoms with E-state index in [1.165, 1.54) is 5.70 Å². The normalized spacial score (nSPS) is 19.8. The maximum atomic E-state index is 4.26. The molecule has 0 bridgehead atoms. The van der Waals surface area contributed by atoms with Gasteiger partial charge in [-0.05, 0) is 30.5 Å². The smallest absolute Gasteiger partial charge is 0.0594 e. The van der Waals surface area contributed by atoms with Gasteiger partial charge in [-0.1, -0.05) is 25.1 Å². The Balaban J connectivity index is 1.87. The largest absolute Gasteiger partial charge is 0.380 e. The van der Waals surface area contributed by atoms with E-state index < -0.39 is 0 Å². The van der Waals surface area contributed by atoms with E-state index in [1.54, 1.807) is 0 Å². The van der Waals surface area contributed by atoms with E-state index in [0.29, 0.717) is 5.92 Å². The van der Waals surface area contributed by atoms with Crippen LogP contribution in [-0.2, 0) is 6.54 Å². The molecule has 1 aromatic heterocycles. The van der Waals surface area contributed by atoms with Gasteiger partial charge in [0.15, 0.2) is 0 Å². The van der Waals surface area contributed by atoms with E-state index in [-0.39, 0.29) is 0 Å². The number of rotatable bonds is 3. The van der Waals surface area contributed by atoms with Crippen molar-refractivity contribution in [3.63, 3.8) is 0 Å². The molecule has 15 heavy (non-hydrogen) atoms. The zero-order valence-electron chi connectivity index (χ0n) is 8.98. The van der Waals surface area contributed by atoms with Crippen LogP contribution < -0.4 is 5.32 Å². The first-order chi connectivity index (χ1) is 7.34. The van der Waals surface area contributed by atoms with Gasteiger partial charge in [-0.2, -0.15) is 0 Å². The third kappa shape index (κ3) is 2.94. The van der Waals surface area contributed by atoms with Crippen molar-refractivity contribution in [3.8, 4) is 0 Å². The highest BCUT2D eigenvalue weighted by atomic mass is 14.9. The van der Waals surface area contributed by atoms with Gasteiger partial charge < -0.3 is 5.32 Å². The van der Waals surface area contributed by atoms with Crippen molar-refractivity contribution >= 4 is 0 Å². The van der Waals surface area contributed by atoms with Crippen LogP contribution in [0.1, 0.15) is 19.0 Å². The molecule has 1 aliphatic rings. The fourth-order valence-electron chi connectivity index (χ4n) is 1.55. The lowest BCUT2D eigenvalue weighted by atomic mass is 10.0. The fourth-order valence-corrected chi connectivity index (χ4v) is 1.55. The lowest BCUT2D eigenvalue weighted by Gasteiger charge is -2.13. The summed E-state index contributed by atoms with van der Waals surface area (Å²) in [6, 6.07) is 5.98. The highest BCUT2D eigenvalue weighted by Crippen LogP contribution is 2.13. The molecule has 1 N–H and O–H groups in total. The van der Waals surface area contributed by atoms with Gasteiger partial charge >= 0.3 is 0 Å². The summed E-state index contributed by atoms with van der Waals surface area (Å²) in [7, 11) is 0. The second kappa shape index (κ2) is 4.78. The molecule has 2 heteroatoms. The van der Waals surface area contributed by atoms with Gasteiger partial charge in [0.2, 0.25) is 0 Å². The molecule has 0 aliphatic heterocycles. The predicted octanol–water partition coefficient (Wildman–Crippen LogP) is 2.65. The van der Waals surface area contributed by atoms with Crippen molar-refractivity contribution < 1.29 is 0 Å². The van der Waals surface area contributed by atoms with E-state index in [1.807, 2.05) is 24.4 Å². The van der Waals surface area contributed by atoms with E-state index in [9.17, 15) is 0 Å². The molecule has 1 heterocycles. The average molecular weight is 200 g/mol. The SMILES string of the molecule is CC1C=CC(NCc2ccccn2)=CC1. The van der Waals surface area contributed by atoms with E-state index in [4.69, 9.17) is 0 Å². The zero-order valence-corrected chi connectivity index (χ0v) is 8.98. The summed E-state index contributed by atoms with van der Waals surface area (Å²) in [4.78, 5) is 4.26. The Labute approximate surface area is 90.7 Å². The van der Waals surface area contributed by atoms with Gasteiger partial charge in [-0.15, -0.1) is 0 Å². The van der Waals surface area contributed by atoms with Crippen molar-refractivity contribution in [1.29, 1.82) is 0 Å². The minimum absolute atomic E-state index is 0.672. The maximum Gasteiger partial charge on any atom is 0.0594 e. The van der Waals surface area contributed by atoms with Crippen LogP contribution >= 0.6 is 0 Å². The molecular weight excluding hydrogens is 184 g/mol. The van der Waals surface area contributed by atoms with E-state index in [2.05, 4.69) is 35.5 Å². The molecule has 1 aromatic rings. The summed E-state index contributed by atoms with van der Waals surface area (Å²) in [5.74, 6) is 0.672. The van der Waals surface area contributed by atoms with Crippen LogP contribution in [0, 0.1) is 5.92 Å². The van der Waals surface area contributed by atoms with Gasteiger partial charge in [0.05, 0.1) is 12.2 Å². The molecule has 2 nitrogen and oxygen atoms in total. The molecular formula is C13H16N2. The topological polar surface area (TPSA) is 24.9 Å². The molecule has 1 unspecified atom stereocenters. The second-order valence-electron chi connectivity index (χ2n) is 3.91. The second-order valence-corrected chi connectivity index (χ2v) is 3.91. The van der Waals surface area contributed by atoms with Gasteiger partial charge in [0.1, 0.15) is 0 Å². The number of pyridine rings is 1. The lowest BCUT2D eigenvalue weighted by Crippen LogP contribution is -2.14. The van der Waals surface area contributed by atoms with Gasteiger partial charge in [-0.25, -0.2) is 0 Å². The van der Waals surface area contributed by atoms with Crippen LogP contribution in [0.15, 0.2) is 48.3 Å². The Kier molecular flexibility index (Phi) is 3.18. The molecule has 0 aromatic carbocycles. The standard InChI is InChI=1S/C13H16N2/c1-11-5-7-12(8-6-11)15-10-13-4-2-3-9-14-13/h2-5,7-9,11,15H,6,10H2,1H3. The molecule has 2 rings (SSSR count). The lowest BCUT2D eigenvalue weighted by molar-refractivity contribution is 0.706. The molecule has 1 atom stereocenters. The Hall–Kier alpha value is -1.57. The fraction of sp³-hybridized carbons (Fsp3) is 0.308. The van der Waals surface area contributed by atoms with Gasteiger partial charge in [-0.3, -0.25) is 4.98 Å². The minimum atomic E-state index is 0.672. The molecule has 0 amide bonds. The summed E-state index contributed by atoms with van der Waals surface area (Å²) in [5, 5.41) is 3.37. The first-order valence-corrected chi connectivity index (χ1v) is 5.37. The van der Waals surface area contributed by atoms with Crippen molar-refractivity contribution in [2.75, 3.05) is 0 Å². The van der Waals surface area contributed by atoms with E-state index >= 15 is 0 Å². The number of aromatic nitrogens is 1. The number of nitrogens with zero attached hydrogens (tertiary/aromatic N) is 1. The summed E-state index contributed by atoms with van der Waals surface area (Å²) in [6.07, 6.45) is 9.58. The van der Waals surface area contributed by atoms with Crippen molar-refractivity contribution in [2.45, 2.75) is 19.9 Å². The first kappa shape index (κ1) is 9.97. The third-order valence-electron chi connectivity index (χ3n) is 2.51. The highest BCUT2D eigenvalue weighted by Gasteiger charge is 2.02. The average Bonchev–Trinajstić information content (AvgIpc) is 2.30. The van der Waals surface area contributed by atoms with Crippen molar-refractivity contribution in [3.05, 3.63) is 54.0 Å². The first-order valence-electron chi connectivity index (χ1n) is 5.37. The maximum absolute atomic E-state index is 4.26. The monoisotopic (exact) mass is 200 g/mol. The highest BCUT2D eigenvalue weighted by molar-refractivity contribution is 5.22. The van der Waals surface area contributed by atoms with E-state index in [0.717, 1.165) is 18.7 Å². The van der Waals surface area contributed by atoms with Crippen LogP contribution in [0.2, 0.25) is 0 Å². The Morgan fingerprint density at radius 1 is 1.47 bits per heavy atom. The zero-order chi connectivity index (χ0) is 10.5. The van der Waals surface area contributed by atoms with Gasteiger partial charge in [0, 0.05) is 11.9 Å². The third-order valence-corrected chi connectivity index (χ3v) is 2.51. The summed E-state index contributed by atoms with van der Waals surface area (Å²) in [6.45, 7) is 3.02. The molecule has 0 spiro atoms. The van der Waals surface area contributed by atoms with Crippen molar-refractivity contribution in [1.82, 2.24) is 10.3 Å². The number of hydrogen-bond donors (Lipinski definition) is 1. The summed E-state index contributed by atoms with van der Waals surface area (Å²) < 4.78 is 0. The van der Waals surface area contributed by atoms with Crippen LogP contribution in [0.25, 0.3) is 0 Å². The molecule has 0 saturated carbocycles. The van der Waals surface area contributed by atoms with Crippen LogP contribution in [0.5, 0.6) is 0 Å². The molecule has 0 fully saturated rings. The Bertz CT molecular complexity index is 365. The molecule has 78 valence electrons. The molecule has 0 radical (unpaired) electrons. The van der Waals surface area contributed by atoms with Crippen molar-refractivity contribution in [2.24, 2.45) is 5.92 Å². The van der Waals surface area contributed by atoms with Crippen LogP contribution in [0.4, 0.5) is 0 Å². The summed E-state index contributed by atoms with van der Waals surface area (Å²) >= 11 is 0. The number of allylic oxidation sites excluding steroid dienone is 3. The van der Waals surface area contributed by atoms with Crippen LogP contribution in [-0.4, -0.2) is 4.98 Å². The quantitative estimate of drug-likeness (QED) is 0.811. The molecule has 0 saturated heterocycles. The number of hydrogen-bond acceptors (Lipinski definition) is 2. The van der Waals surface area contributed by atoms with Crippen LogP contribution in [0.3, 0.4) is 0 Å². The predicted molar refractivity (Wildman–Crippen MR) is 62.1 cm³/mol. The van der Waals surface area contributed by atoms with Gasteiger partial charge in [0.25, 0.3) is 0 Å². The summed E-state index contributed by atoms with van der Waals surface area (Å²) in [5.41, 5.74) is 2.28. The Morgan fingerprint density at radius 3 is 3.07 bits per heavy atom. The Morgan fingerprint density at radius 2 is 2.40 bits per heavy atom. The number of nitrogens with one attached hydrogen (secondary N) is 1.